The second kappa shape index (κ2) is 5.11. The van der Waals surface area contributed by atoms with Gasteiger partial charge in [0.05, 0.1) is 6.10 Å². The van der Waals surface area contributed by atoms with E-state index in [0.717, 1.165) is 0 Å². The van der Waals surface area contributed by atoms with Crippen LogP contribution < -0.4 is 4.57 Å². The van der Waals surface area contributed by atoms with Crippen molar-refractivity contribution in [3.63, 3.8) is 0 Å². The molecule has 0 amide bonds. The maximum atomic E-state index is 5.83. The highest BCUT2D eigenvalue weighted by Crippen LogP contribution is 2.19. The molecule has 0 atom stereocenters. The van der Waals surface area contributed by atoms with E-state index in [1.165, 1.54) is 32.1 Å². The van der Waals surface area contributed by atoms with Crippen LogP contribution in [0, 0.1) is 0 Å². The molecule has 76 valence electrons. The van der Waals surface area contributed by atoms with Crippen molar-refractivity contribution < 1.29 is 9.30 Å². The zero-order chi connectivity index (χ0) is 9.64. The molecule has 1 fully saturated rings. The molecule has 1 aromatic rings. The smallest absolute Gasteiger partial charge is 0.252 e. The van der Waals surface area contributed by atoms with E-state index in [2.05, 4.69) is 4.57 Å². The molecule has 0 saturated heterocycles. The van der Waals surface area contributed by atoms with Gasteiger partial charge in [0.2, 0.25) is 0 Å². The minimum atomic E-state index is 0.497. The summed E-state index contributed by atoms with van der Waals surface area (Å²) in [6.45, 7) is 0.700. The Morgan fingerprint density at radius 3 is 2.43 bits per heavy atom. The molecule has 1 aliphatic rings. The lowest BCUT2D eigenvalue weighted by molar-refractivity contribution is -0.735. The van der Waals surface area contributed by atoms with E-state index in [0.29, 0.717) is 12.8 Å². The number of rotatable bonds is 3. The summed E-state index contributed by atoms with van der Waals surface area (Å²) in [6, 6.07) is 6.09. The highest BCUT2D eigenvalue weighted by atomic mass is 16.5. The molecule has 2 rings (SSSR count). The molecule has 2 nitrogen and oxygen atoms in total. The molecule has 14 heavy (non-hydrogen) atoms. The average Bonchev–Trinajstić information content (AvgIpc) is 2.29. The summed E-state index contributed by atoms with van der Waals surface area (Å²) in [5, 5.41) is 0. The number of aromatic nitrogens is 1. The first-order valence-corrected chi connectivity index (χ1v) is 5.51. The molecule has 0 N–H and O–H groups in total. The highest BCUT2D eigenvalue weighted by Gasteiger charge is 2.14. The Morgan fingerprint density at radius 2 is 1.71 bits per heavy atom. The molecule has 0 radical (unpaired) electrons. The maximum Gasteiger partial charge on any atom is 0.252 e. The van der Waals surface area contributed by atoms with Gasteiger partial charge in [-0.3, -0.25) is 0 Å². The minimum Gasteiger partial charge on any atom is -0.320 e. The quantitative estimate of drug-likeness (QED) is 0.670. The van der Waals surface area contributed by atoms with Gasteiger partial charge >= 0.3 is 0 Å². The normalized spacial score (nSPS) is 18.3. The molecule has 1 saturated carbocycles. The Bertz CT molecular complexity index is 254. The first-order chi connectivity index (χ1) is 6.95. The number of hydrogen-bond donors (Lipinski definition) is 0. The van der Waals surface area contributed by atoms with Crippen molar-refractivity contribution in [3.8, 4) is 0 Å². The Morgan fingerprint density at radius 1 is 1.00 bits per heavy atom. The molecule has 0 aliphatic heterocycles. The Kier molecular flexibility index (Phi) is 3.52. The Hall–Kier alpha value is -0.890. The molecule has 1 aliphatic carbocycles. The van der Waals surface area contributed by atoms with Crippen molar-refractivity contribution in [2.75, 3.05) is 0 Å². The fourth-order valence-corrected chi connectivity index (χ4v) is 1.94. The number of ether oxygens (including phenoxy) is 1. The van der Waals surface area contributed by atoms with Crippen molar-refractivity contribution in [2.24, 2.45) is 0 Å². The Balaban J connectivity index is 1.76. The van der Waals surface area contributed by atoms with Gasteiger partial charge in [-0.15, -0.1) is 0 Å². The first kappa shape index (κ1) is 9.66. The molecule has 2 heteroatoms. The molecular formula is C12H18NO+. The fraction of sp³-hybridized carbons (Fsp3) is 0.583. The van der Waals surface area contributed by atoms with E-state index < -0.39 is 0 Å². The van der Waals surface area contributed by atoms with Crippen molar-refractivity contribution in [3.05, 3.63) is 30.6 Å². The predicted molar refractivity (Wildman–Crippen MR) is 54.6 cm³/mol. The van der Waals surface area contributed by atoms with Crippen LogP contribution in [0.2, 0.25) is 0 Å². The van der Waals surface area contributed by atoms with Gasteiger partial charge in [-0.05, 0) is 12.8 Å². The summed E-state index contributed by atoms with van der Waals surface area (Å²) in [4.78, 5) is 0. The number of pyridine rings is 1. The SMILES string of the molecule is c1cc[n+](COC2CCCCC2)cc1. The van der Waals surface area contributed by atoms with Crippen LogP contribution in [0.25, 0.3) is 0 Å². The van der Waals surface area contributed by atoms with Crippen LogP contribution in [0.15, 0.2) is 30.6 Å². The van der Waals surface area contributed by atoms with Crippen LogP contribution >= 0.6 is 0 Å². The van der Waals surface area contributed by atoms with Crippen LogP contribution in [-0.4, -0.2) is 6.10 Å². The van der Waals surface area contributed by atoms with Crippen LogP contribution in [0.1, 0.15) is 32.1 Å². The molecule has 1 heterocycles. The first-order valence-electron chi connectivity index (χ1n) is 5.51. The molecule has 0 bridgehead atoms. The van der Waals surface area contributed by atoms with Gasteiger partial charge in [-0.2, -0.15) is 4.57 Å². The van der Waals surface area contributed by atoms with Gasteiger partial charge in [-0.1, -0.05) is 25.3 Å². The molecule has 1 aromatic heterocycles. The third-order valence-electron chi connectivity index (χ3n) is 2.79. The zero-order valence-electron chi connectivity index (χ0n) is 8.56. The Labute approximate surface area is 85.5 Å². The standard InChI is InChI=1S/C12H18NO/c1-3-7-12(8-4-1)14-11-13-9-5-2-6-10-13/h2,5-6,9-10,12H,1,3-4,7-8,11H2/q+1. The van der Waals surface area contributed by atoms with E-state index >= 15 is 0 Å². The van der Waals surface area contributed by atoms with E-state index in [1.807, 2.05) is 30.6 Å². The summed E-state index contributed by atoms with van der Waals surface area (Å²) in [5.41, 5.74) is 0. The van der Waals surface area contributed by atoms with Gasteiger partial charge in [0.15, 0.2) is 12.4 Å². The largest absolute Gasteiger partial charge is 0.320 e. The lowest BCUT2D eigenvalue weighted by atomic mass is 9.98. The lowest BCUT2D eigenvalue weighted by Crippen LogP contribution is -2.36. The molecule has 0 unspecified atom stereocenters. The van der Waals surface area contributed by atoms with E-state index in [9.17, 15) is 0 Å². The molecule has 0 aromatic carbocycles. The third kappa shape index (κ3) is 2.81. The second-order valence-electron chi connectivity index (χ2n) is 3.95. The van der Waals surface area contributed by atoms with Crippen molar-refractivity contribution in [2.45, 2.75) is 44.9 Å². The van der Waals surface area contributed by atoms with Crippen LogP contribution in [0.4, 0.5) is 0 Å². The topological polar surface area (TPSA) is 13.1 Å². The number of hydrogen-bond acceptors (Lipinski definition) is 1. The van der Waals surface area contributed by atoms with Crippen molar-refractivity contribution in [1.29, 1.82) is 0 Å². The van der Waals surface area contributed by atoms with Crippen molar-refractivity contribution in [1.82, 2.24) is 0 Å². The average molecular weight is 192 g/mol. The van der Waals surface area contributed by atoms with Gasteiger partial charge < -0.3 is 4.74 Å². The summed E-state index contributed by atoms with van der Waals surface area (Å²) in [7, 11) is 0. The van der Waals surface area contributed by atoms with E-state index in [1.54, 1.807) is 0 Å². The van der Waals surface area contributed by atoms with Gasteiger partial charge in [0.1, 0.15) is 0 Å². The monoisotopic (exact) mass is 192 g/mol. The van der Waals surface area contributed by atoms with Gasteiger partial charge in [-0.25, -0.2) is 0 Å². The second-order valence-corrected chi connectivity index (χ2v) is 3.95. The summed E-state index contributed by atoms with van der Waals surface area (Å²) in [6.07, 6.45) is 11.1. The minimum absolute atomic E-state index is 0.497. The summed E-state index contributed by atoms with van der Waals surface area (Å²) < 4.78 is 7.91. The maximum absolute atomic E-state index is 5.83. The van der Waals surface area contributed by atoms with E-state index in [-0.39, 0.29) is 0 Å². The van der Waals surface area contributed by atoms with Crippen LogP contribution in [0.5, 0.6) is 0 Å². The van der Waals surface area contributed by atoms with Gasteiger partial charge in [0.25, 0.3) is 6.73 Å². The summed E-state index contributed by atoms with van der Waals surface area (Å²) >= 11 is 0. The van der Waals surface area contributed by atoms with E-state index in [4.69, 9.17) is 4.74 Å². The van der Waals surface area contributed by atoms with Crippen LogP contribution in [0.3, 0.4) is 0 Å². The summed E-state index contributed by atoms with van der Waals surface area (Å²) in [5.74, 6) is 0. The highest BCUT2D eigenvalue weighted by molar-refractivity contribution is 4.83. The number of nitrogens with zero attached hydrogens (tertiary/aromatic N) is 1. The lowest BCUT2D eigenvalue weighted by Gasteiger charge is -2.20. The van der Waals surface area contributed by atoms with Crippen LogP contribution in [-0.2, 0) is 11.5 Å². The fourth-order valence-electron chi connectivity index (χ4n) is 1.94. The predicted octanol–water partition coefficient (Wildman–Crippen LogP) is 2.28. The van der Waals surface area contributed by atoms with Gasteiger partial charge in [0, 0.05) is 12.1 Å². The van der Waals surface area contributed by atoms with Crippen molar-refractivity contribution >= 4 is 0 Å². The molecular weight excluding hydrogens is 174 g/mol. The molecule has 0 spiro atoms. The third-order valence-corrected chi connectivity index (χ3v) is 2.79. The zero-order valence-corrected chi connectivity index (χ0v) is 8.56.